The Morgan fingerprint density at radius 1 is 1.30 bits per heavy atom. The van der Waals surface area contributed by atoms with Gasteiger partial charge in [-0.2, -0.15) is 0 Å². The number of piperidine rings is 1. The van der Waals surface area contributed by atoms with Crippen LogP contribution < -0.4 is 10.1 Å². The van der Waals surface area contributed by atoms with Crippen molar-refractivity contribution in [3.05, 3.63) is 29.8 Å². The van der Waals surface area contributed by atoms with Crippen LogP contribution in [0.5, 0.6) is 5.75 Å². The Morgan fingerprint density at radius 3 is 2.63 bits per heavy atom. The SMILES string of the molecule is CN(CCOc1cccc(CC(=O)O)c1)CC1(O[Si](C)(C)C)CCNCC1. The number of aliphatic carboxylic acids is 1. The number of nitrogens with zero attached hydrogens (tertiary/aromatic N) is 1. The average molecular weight is 395 g/mol. The fourth-order valence-corrected chi connectivity index (χ4v) is 5.20. The van der Waals surface area contributed by atoms with E-state index in [1.54, 1.807) is 6.07 Å². The van der Waals surface area contributed by atoms with Gasteiger partial charge in [-0.15, -0.1) is 0 Å². The van der Waals surface area contributed by atoms with E-state index in [2.05, 4.69) is 36.9 Å². The van der Waals surface area contributed by atoms with Crippen LogP contribution in [0, 0.1) is 0 Å². The summed E-state index contributed by atoms with van der Waals surface area (Å²) in [5.74, 6) is -0.112. The summed E-state index contributed by atoms with van der Waals surface area (Å²) in [7, 11) is 0.491. The molecule has 0 atom stereocenters. The van der Waals surface area contributed by atoms with Gasteiger partial charge in [-0.3, -0.25) is 4.79 Å². The molecular weight excluding hydrogens is 360 g/mol. The summed E-state index contributed by atoms with van der Waals surface area (Å²) >= 11 is 0. The van der Waals surface area contributed by atoms with Crippen molar-refractivity contribution in [1.29, 1.82) is 0 Å². The van der Waals surface area contributed by atoms with Crippen molar-refractivity contribution in [2.45, 2.75) is 44.5 Å². The van der Waals surface area contributed by atoms with E-state index >= 15 is 0 Å². The molecule has 0 spiro atoms. The normalized spacial score (nSPS) is 17.1. The summed E-state index contributed by atoms with van der Waals surface area (Å²) in [4.78, 5) is 13.1. The van der Waals surface area contributed by atoms with Crippen molar-refractivity contribution >= 4 is 14.3 Å². The maximum absolute atomic E-state index is 10.8. The first kappa shape index (κ1) is 21.9. The molecule has 1 aromatic rings. The van der Waals surface area contributed by atoms with Crippen LogP contribution in [-0.4, -0.2) is 69.7 Å². The van der Waals surface area contributed by atoms with Crippen LogP contribution in [0.2, 0.25) is 19.6 Å². The molecule has 0 aliphatic carbocycles. The van der Waals surface area contributed by atoms with Crippen molar-refractivity contribution in [3.63, 3.8) is 0 Å². The lowest BCUT2D eigenvalue weighted by Gasteiger charge is -2.44. The number of benzene rings is 1. The second-order valence-electron chi connectivity index (χ2n) is 8.45. The van der Waals surface area contributed by atoms with Crippen LogP contribution in [0.15, 0.2) is 24.3 Å². The predicted octanol–water partition coefficient (Wildman–Crippen LogP) is 2.60. The zero-order chi connectivity index (χ0) is 19.9. The lowest BCUT2D eigenvalue weighted by molar-refractivity contribution is -0.136. The Balaban J connectivity index is 1.85. The van der Waals surface area contributed by atoms with Gasteiger partial charge >= 0.3 is 5.97 Å². The molecule has 0 saturated carbocycles. The fourth-order valence-electron chi connectivity index (χ4n) is 3.63. The Kier molecular flexibility index (Phi) is 7.85. The van der Waals surface area contributed by atoms with E-state index in [4.69, 9.17) is 14.3 Å². The molecule has 0 unspecified atom stereocenters. The maximum atomic E-state index is 10.8. The van der Waals surface area contributed by atoms with Gasteiger partial charge in [-0.25, -0.2) is 0 Å². The van der Waals surface area contributed by atoms with Crippen LogP contribution in [0.1, 0.15) is 18.4 Å². The number of hydrogen-bond donors (Lipinski definition) is 2. The van der Waals surface area contributed by atoms with Gasteiger partial charge in [0.05, 0.1) is 12.0 Å². The number of rotatable bonds is 10. The second-order valence-corrected chi connectivity index (χ2v) is 12.9. The third kappa shape index (κ3) is 8.00. The Hall–Kier alpha value is -1.41. The minimum Gasteiger partial charge on any atom is -0.492 e. The Morgan fingerprint density at radius 2 is 2.00 bits per heavy atom. The molecule has 0 bridgehead atoms. The van der Waals surface area contributed by atoms with Crippen molar-refractivity contribution in [3.8, 4) is 5.75 Å². The van der Waals surface area contributed by atoms with E-state index in [-0.39, 0.29) is 12.0 Å². The number of carboxylic acid groups (broad SMARTS) is 1. The predicted molar refractivity (Wildman–Crippen MR) is 110 cm³/mol. The molecule has 0 amide bonds. The topological polar surface area (TPSA) is 71.0 Å². The van der Waals surface area contributed by atoms with Gasteiger partial charge in [0, 0.05) is 13.1 Å². The van der Waals surface area contributed by atoms with Crippen molar-refractivity contribution < 1.29 is 19.1 Å². The van der Waals surface area contributed by atoms with Gasteiger partial charge in [0.2, 0.25) is 0 Å². The molecule has 0 aromatic heterocycles. The van der Waals surface area contributed by atoms with Gasteiger partial charge < -0.3 is 24.5 Å². The molecule has 7 heteroatoms. The van der Waals surface area contributed by atoms with Crippen LogP contribution in [-0.2, 0) is 15.6 Å². The molecule has 2 rings (SSSR count). The van der Waals surface area contributed by atoms with Crippen LogP contribution >= 0.6 is 0 Å². The molecule has 1 fully saturated rings. The summed E-state index contributed by atoms with van der Waals surface area (Å²) in [6, 6.07) is 7.32. The van der Waals surface area contributed by atoms with Crippen molar-refractivity contribution in [2.24, 2.45) is 0 Å². The largest absolute Gasteiger partial charge is 0.492 e. The monoisotopic (exact) mass is 394 g/mol. The zero-order valence-electron chi connectivity index (χ0n) is 17.1. The lowest BCUT2D eigenvalue weighted by atomic mass is 9.92. The molecule has 0 radical (unpaired) electrons. The van der Waals surface area contributed by atoms with Gasteiger partial charge in [-0.1, -0.05) is 12.1 Å². The summed E-state index contributed by atoms with van der Waals surface area (Å²) in [5, 5.41) is 12.3. The zero-order valence-corrected chi connectivity index (χ0v) is 18.1. The first-order chi connectivity index (χ1) is 12.7. The van der Waals surface area contributed by atoms with Crippen LogP contribution in [0.25, 0.3) is 0 Å². The maximum Gasteiger partial charge on any atom is 0.307 e. The molecular formula is C20H34N2O4Si. The third-order valence-electron chi connectivity index (χ3n) is 4.59. The standard InChI is InChI=1S/C20H34N2O4Si/c1-22(16-20(26-27(2,3)4)8-10-21-11-9-20)12-13-25-18-7-5-6-17(14-18)15-19(23)24/h5-7,14,21H,8-13,15-16H2,1-4H3,(H,23,24). The molecule has 1 saturated heterocycles. The molecule has 2 N–H and O–H groups in total. The average Bonchev–Trinajstić information content (AvgIpc) is 2.53. The molecule has 6 nitrogen and oxygen atoms in total. The van der Waals surface area contributed by atoms with Gasteiger partial charge in [0.25, 0.3) is 0 Å². The minimum absolute atomic E-state index is 0.0156. The summed E-state index contributed by atoms with van der Waals surface area (Å²) < 4.78 is 12.5. The fraction of sp³-hybridized carbons (Fsp3) is 0.650. The molecule has 1 aromatic carbocycles. The second kappa shape index (κ2) is 9.68. The van der Waals surface area contributed by atoms with E-state index < -0.39 is 14.3 Å². The first-order valence-corrected chi connectivity index (χ1v) is 13.1. The summed E-state index contributed by atoms with van der Waals surface area (Å²) in [6.45, 7) is 11.0. The van der Waals surface area contributed by atoms with Gasteiger partial charge in [0.1, 0.15) is 12.4 Å². The Labute approximate surface area is 164 Å². The van der Waals surface area contributed by atoms with Gasteiger partial charge in [0.15, 0.2) is 8.32 Å². The van der Waals surface area contributed by atoms with Crippen LogP contribution in [0.4, 0.5) is 0 Å². The highest BCUT2D eigenvalue weighted by Gasteiger charge is 2.38. The quantitative estimate of drug-likeness (QED) is 0.595. The first-order valence-electron chi connectivity index (χ1n) is 9.70. The summed E-state index contributed by atoms with van der Waals surface area (Å²) in [6.07, 6.45) is 2.10. The minimum atomic E-state index is -1.62. The highest BCUT2D eigenvalue weighted by molar-refractivity contribution is 6.69. The molecule has 1 aliphatic rings. The number of hydrogen-bond acceptors (Lipinski definition) is 5. The highest BCUT2D eigenvalue weighted by Crippen LogP contribution is 2.28. The lowest BCUT2D eigenvalue weighted by Crippen LogP contribution is -2.55. The van der Waals surface area contributed by atoms with E-state index in [9.17, 15) is 4.79 Å². The molecule has 1 aliphatic heterocycles. The third-order valence-corrected chi connectivity index (χ3v) is 5.64. The van der Waals surface area contributed by atoms with Crippen molar-refractivity contribution in [2.75, 3.05) is 39.8 Å². The Bertz CT molecular complexity index is 612. The molecule has 27 heavy (non-hydrogen) atoms. The number of carbonyl (C=O) groups is 1. The van der Waals surface area contributed by atoms with E-state index in [0.717, 1.165) is 50.3 Å². The molecule has 1 heterocycles. The number of nitrogens with one attached hydrogen (secondary N) is 1. The van der Waals surface area contributed by atoms with E-state index in [1.807, 2.05) is 18.2 Å². The molecule has 152 valence electrons. The van der Waals surface area contributed by atoms with Gasteiger partial charge in [-0.05, 0) is 70.3 Å². The smallest absolute Gasteiger partial charge is 0.307 e. The highest BCUT2D eigenvalue weighted by atomic mass is 28.4. The number of ether oxygens (including phenoxy) is 1. The van der Waals surface area contributed by atoms with Crippen LogP contribution in [0.3, 0.4) is 0 Å². The number of carboxylic acids is 1. The van der Waals surface area contributed by atoms with E-state index in [0.29, 0.717) is 6.61 Å². The van der Waals surface area contributed by atoms with E-state index in [1.165, 1.54) is 0 Å². The van der Waals surface area contributed by atoms with Crippen molar-refractivity contribution in [1.82, 2.24) is 10.2 Å². The summed E-state index contributed by atoms with van der Waals surface area (Å²) in [5.41, 5.74) is 0.692. The number of likely N-dealkylation sites (N-methyl/N-ethyl adjacent to an activating group) is 1.